The van der Waals surface area contributed by atoms with Crippen LogP contribution in [0.25, 0.3) is 0 Å². The molecule has 1 amide bonds. The number of carboxylic acid groups (broad SMARTS) is 1. The molecule has 5 heteroatoms. The minimum atomic E-state index is -1.17. The molecule has 17 heavy (non-hydrogen) atoms. The molecule has 1 rings (SSSR count). The molecule has 0 radical (unpaired) electrons. The lowest BCUT2D eigenvalue weighted by atomic mass is 10.2. The number of unbranched alkanes of at least 4 members (excludes halogenated alkanes) is 2. The summed E-state index contributed by atoms with van der Waals surface area (Å²) >= 11 is 0. The third-order valence-corrected chi connectivity index (χ3v) is 2.47. The number of carbonyl (C=O) groups excluding carboxylic acids is 1. The van der Waals surface area contributed by atoms with Gasteiger partial charge >= 0.3 is 5.97 Å². The number of carbonyl (C=O) groups is 2. The molecule has 0 saturated heterocycles. The van der Waals surface area contributed by atoms with Crippen molar-refractivity contribution in [3.8, 4) is 0 Å². The van der Waals surface area contributed by atoms with Gasteiger partial charge in [0.15, 0.2) is 5.76 Å². The maximum atomic E-state index is 11.8. The Labute approximate surface area is 100 Å². The van der Waals surface area contributed by atoms with Crippen molar-refractivity contribution in [2.75, 3.05) is 13.6 Å². The average molecular weight is 239 g/mol. The van der Waals surface area contributed by atoms with Crippen LogP contribution in [0, 0.1) is 0 Å². The van der Waals surface area contributed by atoms with Crippen LogP contribution in [0.1, 0.15) is 47.3 Å². The van der Waals surface area contributed by atoms with E-state index in [-0.39, 0.29) is 17.4 Å². The van der Waals surface area contributed by atoms with Gasteiger partial charge in [0.25, 0.3) is 5.91 Å². The largest absolute Gasteiger partial charge is 0.475 e. The number of furan rings is 1. The topological polar surface area (TPSA) is 70.8 Å². The van der Waals surface area contributed by atoms with E-state index in [2.05, 4.69) is 6.92 Å². The van der Waals surface area contributed by atoms with Crippen molar-refractivity contribution in [2.45, 2.75) is 26.2 Å². The van der Waals surface area contributed by atoms with Gasteiger partial charge < -0.3 is 14.4 Å². The maximum absolute atomic E-state index is 11.8. The van der Waals surface area contributed by atoms with Gasteiger partial charge in [-0.05, 0) is 18.6 Å². The number of carboxylic acids is 1. The lowest BCUT2D eigenvalue weighted by molar-refractivity contribution is 0.0653. The van der Waals surface area contributed by atoms with Crippen LogP contribution in [0.2, 0.25) is 0 Å². The fourth-order valence-corrected chi connectivity index (χ4v) is 1.46. The third-order valence-electron chi connectivity index (χ3n) is 2.47. The molecule has 1 aromatic heterocycles. The summed E-state index contributed by atoms with van der Waals surface area (Å²) in [4.78, 5) is 24.0. The first-order chi connectivity index (χ1) is 8.06. The van der Waals surface area contributed by atoms with E-state index in [0.29, 0.717) is 6.54 Å². The molecule has 0 fully saturated rings. The molecule has 1 heterocycles. The predicted molar refractivity (Wildman–Crippen MR) is 62.2 cm³/mol. The fourth-order valence-electron chi connectivity index (χ4n) is 1.46. The second kappa shape index (κ2) is 6.08. The van der Waals surface area contributed by atoms with Gasteiger partial charge in [0, 0.05) is 13.6 Å². The van der Waals surface area contributed by atoms with Crippen molar-refractivity contribution in [3.63, 3.8) is 0 Å². The molecular weight excluding hydrogens is 222 g/mol. The lowest BCUT2D eigenvalue weighted by Crippen LogP contribution is -2.27. The Bertz CT molecular complexity index is 397. The van der Waals surface area contributed by atoms with E-state index in [1.807, 2.05) is 0 Å². The monoisotopic (exact) mass is 239 g/mol. The summed E-state index contributed by atoms with van der Waals surface area (Å²) in [5.41, 5.74) is 0. The highest BCUT2D eigenvalue weighted by Crippen LogP contribution is 2.10. The highest BCUT2D eigenvalue weighted by molar-refractivity contribution is 5.93. The van der Waals surface area contributed by atoms with E-state index in [0.717, 1.165) is 19.3 Å². The molecule has 1 N–H and O–H groups in total. The van der Waals surface area contributed by atoms with Gasteiger partial charge in [0.2, 0.25) is 5.76 Å². The average Bonchev–Trinajstić information content (AvgIpc) is 2.77. The Morgan fingerprint density at radius 1 is 1.29 bits per heavy atom. The standard InChI is InChI=1S/C12H17NO4/c1-3-4-5-8-13(2)11(14)9-6-7-10(17-9)12(15)16/h6-7H,3-5,8H2,1-2H3,(H,15,16). The Balaban J connectivity index is 2.58. The smallest absolute Gasteiger partial charge is 0.371 e. The van der Waals surface area contributed by atoms with Crippen LogP contribution >= 0.6 is 0 Å². The number of hydrogen-bond acceptors (Lipinski definition) is 3. The molecule has 0 spiro atoms. The normalized spacial score (nSPS) is 10.2. The third kappa shape index (κ3) is 3.62. The summed E-state index contributed by atoms with van der Waals surface area (Å²) in [5, 5.41) is 8.67. The van der Waals surface area contributed by atoms with Crippen molar-refractivity contribution in [1.82, 2.24) is 4.90 Å². The minimum absolute atomic E-state index is 0.0707. The molecule has 0 saturated carbocycles. The van der Waals surface area contributed by atoms with E-state index in [9.17, 15) is 9.59 Å². The van der Waals surface area contributed by atoms with Gasteiger partial charge in [-0.3, -0.25) is 4.79 Å². The highest BCUT2D eigenvalue weighted by Gasteiger charge is 2.17. The van der Waals surface area contributed by atoms with Crippen LogP contribution in [0.3, 0.4) is 0 Å². The number of amides is 1. The Kier molecular flexibility index (Phi) is 4.75. The Hall–Kier alpha value is -1.78. The molecule has 0 aliphatic carbocycles. The van der Waals surface area contributed by atoms with E-state index in [4.69, 9.17) is 9.52 Å². The van der Waals surface area contributed by atoms with Crippen LogP contribution in [0.4, 0.5) is 0 Å². The fraction of sp³-hybridized carbons (Fsp3) is 0.500. The van der Waals surface area contributed by atoms with Crippen molar-refractivity contribution in [2.24, 2.45) is 0 Å². The summed E-state index contributed by atoms with van der Waals surface area (Å²) < 4.78 is 4.94. The number of aromatic carboxylic acids is 1. The van der Waals surface area contributed by atoms with E-state index in [1.54, 1.807) is 11.9 Å². The van der Waals surface area contributed by atoms with Gasteiger partial charge in [0.05, 0.1) is 0 Å². The number of rotatable bonds is 6. The molecule has 0 aromatic carbocycles. The highest BCUT2D eigenvalue weighted by atomic mass is 16.4. The molecule has 0 unspecified atom stereocenters. The molecule has 0 bridgehead atoms. The summed E-state index contributed by atoms with van der Waals surface area (Å²) in [6.07, 6.45) is 3.09. The van der Waals surface area contributed by atoms with Crippen molar-refractivity contribution in [3.05, 3.63) is 23.7 Å². The van der Waals surface area contributed by atoms with Gasteiger partial charge in [-0.15, -0.1) is 0 Å². The van der Waals surface area contributed by atoms with Gasteiger partial charge in [0.1, 0.15) is 0 Å². The zero-order valence-electron chi connectivity index (χ0n) is 10.1. The molecule has 1 aromatic rings. The van der Waals surface area contributed by atoms with Crippen LogP contribution in [0.15, 0.2) is 16.5 Å². The van der Waals surface area contributed by atoms with E-state index < -0.39 is 5.97 Å². The van der Waals surface area contributed by atoms with Crippen LogP contribution in [0.5, 0.6) is 0 Å². The zero-order valence-corrected chi connectivity index (χ0v) is 10.1. The van der Waals surface area contributed by atoms with Crippen molar-refractivity contribution in [1.29, 1.82) is 0 Å². The first-order valence-electron chi connectivity index (χ1n) is 5.64. The SMILES string of the molecule is CCCCCN(C)C(=O)c1ccc(C(=O)O)o1. The van der Waals surface area contributed by atoms with Crippen LogP contribution < -0.4 is 0 Å². The van der Waals surface area contributed by atoms with Gasteiger partial charge in [-0.25, -0.2) is 4.79 Å². The zero-order chi connectivity index (χ0) is 12.8. The molecular formula is C12H17NO4. The lowest BCUT2D eigenvalue weighted by Gasteiger charge is -2.15. The first-order valence-corrected chi connectivity index (χ1v) is 5.64. The quantitative estimate of drug-likeness (QED) is 0.773. The molecule has 0 atom stereocenters. The van der Waals surface area contributed by atoms with Crippen LogP contribution in [-0.2, 0) is 0 Å². The number of hydrogen-bond donors (Lipinski definition) is 1. The summed E-state index contributed by atoms with van der Waals surface area (Å²) in [7, 11) is 1.68. The second-order valence-corrected chi connectivity index (χ2v) is 3.90. The first kappa shape index (κ1) is 13.3. The van der Waals surface area contributed by atoms with E-state index >= 15 is 0 Å². The minimum Gasteiger partial charge on any atom is -0.475 e. The summed E-state index contributed by atoms with van der Waals surface area (Å²) in [6.45, 7) is 2.74. The summed E-state index contributed by atoms with van der Waals surface area (Å²) in [6, 6.07) is 2.68. The molecule has 5 nitrogen and oxygen atoms in total. The predicted octanol–water partition coefficient (Wildman–Crippen LogP) is 2.24. The van der Waals surface area contributed by atoms with E-state index in [1.165, 1.54) is 12.1 Å². The molecule has 0 aliphatic rings. The Morgan fingerprint density at radius 3 is 2.47 bits per heavy atom. The van der Waals surface area contributed by atoms with Crippen molar-refractivity contribution < 1.29 is 19.1 Å². The van der Waals surface area contributed by atoms with Gasteiger partial charge in [-0.2, -0.15) is 0 Å². The maximum Gasteiger partial charge on any atom is 0.371 e. The van der Waals surface area contributed by atoms with Crippen molar-refractivity contribution >= 4 is 11.9 Å². The second-order valence-electron chi connectivity index (χ2n) is 3.90. The van der Waals surface area contributed by atoms with Crippen LogP contribution in [-0.4, -0.2) is 35.5 Å². The molecule has 0 aliphatic heterocycles. The Morgan fingerprint density at radius 2 is 1.94 bits per heavy atom. The number of nitrogens with zero attached hydrogens (tertiary/aromatic N) is 1. The summed E-state index contributed by atoms with van der Waals surface area (Å²) in [5.74, 6) is -1.59. The molecule has 94 valence electrons. The van der Waals surface area contributed by atoms with Gasteiger partial charge in [-0.1, -0.05) is 19.8 Å².